The molecule has 35 heavy (non-hydrogen) atoms. The Hall–Kier alpha value is -1.70. The van der Waals surface area contributed by atoms with Crippen LogP contribution in [0.5, 0.6) is 0 Å². The van der Waals surface area contributed by atoms with Crippen LogP contribution in [0.3, 0.4) is 0 Å². The lowest BCUT2D eigenvalue weighted by molar-refractivity contribution is -0.870. The summed E-state index contributed by atoms with van der Waals surface area (Å²) in [5.74, 6) is -0.0404. The number of nitrogens with zero attached hydrogens (tertiary/aromatic N) is 1. The molecule has 0 heterocycles. The fraction of sp³-hybridized carbons (Fsp3) is 0.679. The third-order valence-corrected chi connectivity index (χ3v) is 6.66. The quantitative estimate of drug-likeness (QED) is 0.124. The first-order valence-corrected chi connectivity index (χ1v) is 14.6. The van der Waals surface area contributed by atoms with Crippen LogP contribution >= 0.6 is 0 Å². The highest BCUT2D eigenvalue weighted by atomic mass is 32.2. The van der Waals surface area contributed by atoms with E-state index in [1.54, 1.807) is 25.1 Å². The van der Waals surface area contributed by atoms with Gasteiger partial charge < -0.3 is 14.4 Å². The number of carbonyl (C=O) groups excluding carboxylic acids is 1. The summed E-state index contributed by atoms with van der Waals surface area (Å²) in [4.78, 5) is 11.0. The minimum atomic E-state index is -4.35. The highest BCUT2D eigenvalue weighted by Gasteiger charge is 2.08. The van der Waals surface area contributed by atoms with Crippen molar-refractivity contribution >= 4 is 16.0 Å². The summed E-state index contributed by atoms with van der Waals surface area (Å²) < 4.78 is 34.5. The Morgan fingerprint density at radius 2 is 1.43 bits per heavy atom. The minimum absolute atomic E-state index is 0.0404. The minimum Gasteiger partial charge on any atom is -0.744 e. The van der Waals surface area contributed by atoms with E-state index in [0.717, 1.165) is 36.8 Å². The Kier molecular flexibility index (Phi) is 17.7. The summed E-state index contributed by atoms with van der Waals surface area (Å²) in [5.41, 5.74) is 1.24. The van der Waals surface area contributed by atoms with Gasteiger partial charge in [-0.2, -0.15) is 0 Å². The molecule has 0 aromatic heterocycles. The summed E-state index contributed by atoms with van der Waals surface area (Å²) in [6, 6.07) is 6.56. The molecule has 1 aromatic rings. The summed E-state index contributed by atoms with van der Waals surface area (Å²) in [6.07, 6.45) is 14.2. The van der Waals surface area contributed by atoms with E-state index < -0.39 is 10.1 Å². The topological polar surface area (TPSA) is 86.3 Å². The molecule has 0 atom stereocenters. The molecule has 0 saturated carbocycles. The molecule has 0 aliphatic heterocycles. The van der Waals surface area contributed by atoms with Crippen molar-refractivity contribution in [2.24, 2.45) is 0 Å². The van der Waals surface area contributed by atoms with Crippen molar-refractivity contribution in [1.29, 1.82) is 0 Å². The van der Waals surface area contributed by atoms with Crippen molar-refractivity contribution in [3.05, 3.63) is 42.0 Å². The molecule has 0 unspecified atom stereocenters. The number of hydrogen-bond acceptors (Lipinski definition) is 4. The lowest BCUT2D eigenvalue weighted by Gasteiger charge is -2.23. The number of unbranched alkanes of at least 4 members (excludes halogenated alkanes) is 9. The van der Waals surface area contributed by atoms with Crippen LogP contribution in [-0.2, 0) is 21.3 Å². The summed E-state index contributed by atoms with van der Waals surface area (Å²) in [7, 11) is 2.07. The predicted octanol–water partition coefficient (Wildman–Crippen LogP) is 5.83. The first-order valence-electron chi connectivity index (χ1n) is 13.2. The molecule has 7 heteroatoms. The van der Waals surface area contributed by atoms with Gasteiger partial charge in [0.25, 0.3) is 0 Å². The number of rotatable bonds is 17. The Morgan fingerprint density at radius 1 is 0.914 bits per heavy atom. The number of carbonyl (C=O) groups is 1. The van der Waals surface area contributed by atoms with E-state index >= 15 is 0 Å². The van der Waals surface area contributed by atoms with Gasteiger partial charge >= 0.3 is 0 Å². The highest BCUT2D eigenvalue weighted by Crippen LogP contribution is 2.18. The van der Waals surface area contributed by atoms with Crippen molar-refractivity contribution < 1.29 is 22.2 Å². The van der Waals surface area contributed by atoms with Crippen molar-refractivity contribution in [2.45, 2.75) is 95.8 Å². The molecule has 0 spiro atoms. The molecule has 202 valence electrons. The average Bonchev–Trinajstić information content (AvgIpc) is 2.77. The molecule has 1 aromatic carbocycles. The normalized spacial score (nSPS) is 11.5. The van der Waals surface area contributed by atoms with Crippen molar-refractivity contribution in [2.75, 3.05) is 34.2 Å². The van der Waals surface area contributed by atoms with Gasteiger partial charge in [-0.15, -0.1) is 0 Å². The summed E-state index contributed by atoms with van der Waals surface area (Å²) in [6.45, 7) is 9.32. The summed E-state index contributed by atoms with van der Waals surface area (Å²) >= 11 is 0. The molecule has 0 aliphatic carbocycles. The molecule has 1 rings (SSSR count). The van der Waals surface area contributed by atoms with Crippen LogP contribution in [0.15, 0.2) is 41.3 Å². The lowest BCUT2D eigenvalue weighted by atomic mass is 10.0. The van der Waals surface area contributed by atoms with Crippen LogP contribution < -0.4 is 5.32 Å². The molecule has 0 saturated heterocycles. The van der Waals surface area contributed by atoms with Crippen LogP contribution in [0, 0.1) is 0 Å². The van der Waals surface area contributed by atoms with Gasteiger partial charge in [-0.05, 0) is 31.4 Å². The number of benzene rings is 1. The standard InChI is InChI=1S/C18H30O3S.C10H20N2O/c1-2-3-4-5-6-7-8-9-10-11-14-17-15-12-13-16-18(17)22(19,20)21;1-9(2)10(13)11-7-6-8-12(3,4)5/h12-13,15-16H,2-11,14H2,1H3,(H,19,20,21);1,6-8H2,2-5H3. The second-order valence-corrected chi connectivity index (χ2v) is 11.7. The lowest BCUT2D eigenvalue weighted by Crippen LogP contribution is -2.37. The molecule has 0 radical (unpaired) electrons. The Bertz CT molecular complexity index is 830. The van der Waals surface area contributed by atoms with E-state index in [9.17, 15) is 17.8 Å². The zero-order chi connectivity index (χ0) is 26.7. The fourth-order valence-electron chi connectivity index (χ4n) is 3.66. The SMILES string of the molecule is C=C(C)C(=O)NCCC[N+](C)(C)C.CCCCCCCCCCCCc1ccccc1S(=O)(=O)[O-]. The summed E-state index contributed by atoms with van der Waals surface area (Å²) in [5, 5.41) is 2.81. The number of quaternary nitrogens is 1. The van der Waals surface area contributed by atoms with Gasteiger partial charge in [0, 0.05) is 18.5 Å². The second kappa shape index (κ2) is 18.6. The van der Waals surface area contributed by atoms with Gasteiger partial charge in [0.15, 0.2) is 0 Å². The largest absolute Gasteiger partial charge is 0.744 e. The van der Waals surface area contributed by atoms with E-state index in [-0.39, 0.29) is 10.8 Å². The molecule has 1 N–H and O–H groups in total. The van der Waals surface area contributed by atoms with Crippen molar-refractivity contribution in [3.8, 4) is 0 Å². The van der Waals surface area contributed by atoms with E-state index in [4.69, 9.17) is 0 Å². The maximum atomic E-state index is 11.2. The van der Waals surface area contributed by atoms with Gasteiger partial charge in [0.1, 0.15) is 10.1 Å². The van der Waals surface area contributed by atoms with Gasteiger partial charge in [-0.3, -0.25) is 4.79 Å². The third kappa shape index (κ3) is 19.2. The Morgan fingerprint density at radius 3 is 1.91 bits per heavy atom. The average molecular weight is 511 g/mol. The van der Waals surface area contributed by atoms with E-state index in [2.05, 4.69) is 40.0 Å². The fourth-order valence-corrected chi connectivity index (χ4v) is 4.40. The van der Waals surface area contributed by atoms with Gasteiger partial charge in [-0.25, -0.2) is 8.42 Å². The zero-order valence-corrected chi connectivity index (χ0v) is 23.7. The maximum absolute atomic E-state index is 11.2. The van der Waals surface area contributed by atoms with Crippen LogP contribution in [0.2, 0.25) is 0 Å². The predicted molar refractivity (Wildman–Crippen MR) is 145 cm³/mol. The first kappa shape index (κ1) is 33.3. The Balaban J connectivity index is 0.000000761. The Labute approximate surface area is 215 Å². The third-order valence-electron chi connectivity index (χ3n) is 5.72. The van der Waals surface area contributed by atoms with Gasteiger partial charge in [0.2, 0.25) is 5.91 Å². The first-order chi connectivity index (χ1) is 16.4. The van der Waals surface area contributed by atoms with Crippen LogP contribution in [0.4, 0.5) is 0 Å². The van der Waals surface area contributed by atoms with Crippen molar-refractivity contribution in [3.63, 3.8) is 0 Å². The number of aryl methyl sites for hydroxylation is 1. The van der Waals surface area contributed by atoms with Crippen molar-refractivity contribution in [1.82, 2.24) is 5.32 Å². The van der Waals surface area contributed by atoms with Crippen LogP contribution in [-0.4, -0.2) is 57.6 Å². The molecule has 0 bridgehead atoms. The van der Waals surface area contributed by atoms with Crippen LogP contribution in [0.25, 0.3) is 0 Å². The molecular formula is C28H50N2O4S. The smallest absolute Gasteiger partial charge is 0.246 e. The van der Waals surface area contributed by atoms with Gasteiger partial charge in [-0.1, -0.05) is 89.5 Å². The van der Waals surface area contributed by atoms with E-state index in [1.807, 2.05) is 0 Å². The molecule has 0 aliphatic rings. The van der Waals surface area contributed by atoms with Crippen LogP contribution in [0.1, 0.15) is 90.0 Å². The maximum Gasteiger partial charge on any atom is 0.246 e. The van der Waals surface area contributed by atoms with Gasteiger partial charge in [0.05, 0.1) is 32.6 Å². The monoisotopic (exact) mass is 510 g/mol. The molecular weight excluding hydrogens is 460 g/mol. The zero-order valence-electron chi connectivity index (χ0n) is 22.9. The number of nitrogens with one attached hydrogen (secondary N) is 1. The number of hydrogen-bond donors (Lipinski definition) is 1. The van der Waals surface area contributed by atoms with E-state index in [0.29, 0.717) is 17.6 Å². The second-order valence-electron chi connectivity index (χ2n) is 10.4. The number of amides is 1. The molecule has 6 nitrogen and oxygen atoms in total. The molecule has 0 fully saturated rings. The van der Waals surface area contributed by atoms with E-state index in [1.165, 1.54) is 57.4 Å². The molecule has 1 amide bonds. The highest BCUT2D eigenvalue weighted by molar-refractivity contribution is 7.85.